The standard InChI is InChI=1S/C24H29N7O5/c1-35-20-14-18-17(13-19(20)28-22(32)4-2-3-5-23(33)30-34)24(27-15-26-18)29-21-12-16(6-7-25-21)31-8-10-36-11-9-31/h6-7,12-15,34H,2-5,8-11H2,1H3,(H,28,32)(H,30,33)(H,25,26,27,29). The topological polar surface area (TPSA) is 151 Å². The van der Waals surface area contributed by atoms with Crippen molar-refractivity contribution in [2.24, 2.45) is 0 Å². The van der Waals surface area contributed by atoms with Crippen molar-refractivity contribution in [1.82, 2.24) is 20.4 Å². The van der Waals surface area contributed by atoms with Crippen LogP contribution in [-0.4, -0.2) is 65.4 Å². The molecule has 0 bridgehead atoms. The number of nitrogens with one attached hydrogen (secondary N) is 3. The van der Waals surface area contributed by atoms with Crippen molar-refractivity contribution >= 4 is 45.7 Å². The molecule has 1 saturated heterocycles. The first kappa shape index (κ1) is 25.1. The van der Waals surface area contributed by atoms with Gasteiger partial charge in [-0.1, -0.05) is 0 Å². The molecule has 1 aliphatic heterocycles. The second-order valence-corrected chi connectivity index (χ2v) is 8.21. The molecule has 36 heavy (non-hydrogen) atoms. The number of amides is 2. The number of carbonyl (C=O) groups is 2. The summed E-state index contributed by atoms with van der Waals surface area (Å²) in [6, 6.07) is 7.42. The monoisotopic (exact) mass is 495 g/mol. The van der Waals surface area contributed by atoms with Crippen molar-refractivity contribution in [3.63, 3.8) is 0 Å². The maximum absolute atomic E-state index is 12.5. The Hall–Kier alpha value is -4.03. The van der Waals surface area contributed by atoms with Crippen LogP contribution in [0.15, 0.2) is 36.8 Å². The average molecular weight is 496 g/mol. The minimum atomic E-state index is -0.475. The number of morpholine rings is 1. The van der Waals surface area contributed by atoms with E-state index >= 15 is 0 Å². The second kappa shape index (κ2) is 12.1. The zero-order chi connectivity index (χ0) is 25.3. The molecule has 190 valence electrons. The lowest BCUT2D eigenvalue weighted by atomic mass is 10.1. The lowest BCUT2D eigenvalue weighted by Crippen LogP contribution is -2.36. The molecule has 1 aliphatic rings. The van der Waals surface area contributed by atoms with Crippen molar-refractivity contribution in [3.05, 3.63) is 36.8 Å². The number of unbranched alkanes of at least 4 members (excludes halogenated alkanes) is 1. The fraction of sp³-hybridized carbons (Fsp3) is 0.375. The fourth-order valence-corrected chi connectivity index (χ4v) is 3.92. The van der Waals surface area contributed by atoms with Gasteiger partial charge in [-0.05, 0) is 25.0 Å². The maximum atomic E-state index is 12.5. The van der Waals surface area contributed by atoms with E-state index in [0.29, 0.717) is 60.0 Å². The van der Waals surface area contributed by atoms with Crippen molar-refractivity contribution in [3.8, 4) is 5.75 Å². The lowest BCUT2D eigenvalue weighted by molar-refractivity contribution is -0.129. The third kappa shape index (κ3) is 6.34. The first-order valence-electron chi connectivity index (χ1n) is 11.7. The molecule has 4 N–H and O–H groups in total. The first-order valence-corrected chi connectivity index (χ1v) is 11.7. The Kier molecular flexibility index (Phi) is 8.42. The van der Waals surface area contributed by atoms with E-state index in [9.17, 15) is 9.59 Å². The summed E-state index contributed by atoms with van der Waals surface area (Å²) >= 11 is 0. The van der Waals surface area contributed by atoms with Gasteiger partial charge in [-0.2, -0.15) is 0 Å². The van der Waals surface area contributed by atoms with E-state index in [1.165, 1.54) is 13.4 Å². The number of anilines is 4. The van der Waals surface area contributed by atoms with Crippen molar-refractivity contribution < 1.29 is 24.3 Å². The van der Waals surface area contributed by atoms with Gasteiger partial charge in [0.1, 0.15) is 23.7 Å². The lowest BCUT2D eigenvalue weighted by Gasteiger charge is -2.29. The van der Waals surface area contributed by atoms with Crippen molar-refractivity contribution in [1.29, 1.82) is 0 Å². The van der Waals surface area contributed by atoms with Crippen LogP contribution in [0.2, 0.25) is 0 Å². The predicted octanol–water partition coefficient (Wildman–Crippen LogP) is 2.62. The molecule has 12 heteroatoms. The molecule has 3 aromatic rings. The highest BCUT2D eigenvalue weighted by atomic mass is 16.5. The molecular formula is C24H29N7O5. The highest BCUT2D eigenvalue weighted by Gasteiger charge is 2.15. The minimum absolute atomic E-state index is 0.149. The molecule has 0 atom stereocenters. The van der Waals surface area contributed by atoms with Gasteiger partial charge >= 0.3 is 0 Å². The minimum Gasteiger partial charge on any atom is -0.494 e. The third-order valence-corrected chi connectivity index (χ3v) is 5.78. The number of fused-ring (bicyclic) bond motifs is 1. The molecule has 0 unspecified atom stereocenters. The molecule has 4 rings (SSSR count). The van der Waals surface area contributed by atoms with E-state index < -0.39 is 5.91 Å². The summed E-state index contributed by atoms with van der Waals surface area (Å²) in [6.07, 6.45) is 4.54. The SMILES string of the molecule is COc1cc2ncnc(Nc3cc(N4CCOCC4)ccn3)c2cc1NC(=O)CCCCC(=O)NO. The zero-order valence-electron chi connectivity index (χ0n) is 20.0. The second-order valence-electron chi connectivity index (χ2n) is 8.21. The molecular weight excluding hydrogens is 466 g/mol. The van der Waals surface area contributed by atoms with E-state index in [0.717, 1.165) is 18.8 Å². The Bertz CT molecular complexity index is 1220. The van der Waals surface area contributed by atoms with E-state index in [2.05, 4.69) is 30.5 Å². The summed E-state index contributed by atoms with van der Waals surface area (Å²) in [4.78, 5) is 39.0. The molecule has 0 spiro atoms. The molecule has 0 aliphatic carbocycles. The normalized spacial score (nSPS) is 13.3. The highest BCUT2D eigenvalue weighted by molar-refractivity contribution is 5.99. The van der Waals surface area contributed by atoms with Gasteiger partial charge in [0.25, 0.3) is 0 Å². The summed E-state index contributed by atoms with van der Waals surface area (Å²) in [5, 5.41) is 15.4. The van der Waals surface area contributed by atoms with Crippen LogP contribution in [0.5, 0.6) is 5.75 Å². The Morgan fingerprint density at radius 2 is 1.86 bits per heavy atom. The number of carbonyl (C=O) groups excluding carboxylic acids is 2. The zero-order valence-corrected chi connectivity index (χ0v) is 20.0. The number of ether oxygens (including phenoxy) is 2. The number of benzene rings is 1. The Morgan fingerprint density at radius 3 is 2.61 bits per heavy atom. The fourth-order valence-electron chi connectivity index (χ4n) is 3.92. The number of hydroxylamine groups is 1. The number of aromatic nitrogens is 3. The number of hydrogen-bond acceptors (Lipinski definition) is 10. The predicted molar refractivity (Wildman–Crippen MR) is 134 cm³/mol. The molecule has 0 saturated carbocycles. The van der Waals surface area contributed by atoms with E-state index in [1.807, 2.05) is 12.1 Å². The molecule has 2 amide bonds. The van der Waals surface area contributed by atoms with Crippen LogP contribution in [0, 0.1) is 0 Å². The molecule has 12 nitrogen and oxygen atoms in total. The van der Waals surface area contributed by atoms with E-state index in [-0.39, 0.29) is 18.7 Å². The van der Waals surface area contributed by atoms with Gasteiger partial charge < -0.3 is 25.0 Å². The van der Waals surface area contributed by atoms with Crippen LogP contribution in [0.4, 0.5) is 23.0 Å². The van der Waals surface area contributed by atoms with Gasteiger partial charge in [0.05, 0.1) is 31.5 Å². The van der Waals surface area contributed by atoms with Crippen molar-refractivity contribution in [2.75, 3.05) is 48.9 Å². The van der Waals surface area contributed by atoms with Crippen LogP contribution in [0.1, 0.15) is 25.7 Å². The molecule has 1 fully saturated rings. The summed E-state index contributed by atoms with van der Waals surface area (Å²) in [5.41, 5.74) is 3.75. The van der Waals surface area contributed by atoms with Crippen LogP contribution in [0.25, 0.3) is 10.9 Å². The van der Waals surface area contributed by atoms with Crippen LogP contribution < -0.4 is 25.8 Å². The van der Waals surface area contributed by atoms with Crippen molar-refractivity contribution in [2.45, 2.75) is 25.7 Å². The number of pyridine rings is 1. The number of rotatable bonds is 10. The van der Waals surface area contributed by atoms with Crippen LogP contribution in [0.3, 0.4) is 0 Å². The maximum Gasteiger partial charge on any atom is 0.243 e. The Balaban J connectivity index is 1.51. The summed E-state index contributed by atoms with van der Waals surface area (Å²) < 4.78 is 10.9. The van der Waals surface area contributed by atoms with Gasteiger partial charge in [-0.25, -0.2) is 20.4 Å². The van der Waals surface area contributed by atoms with Gasteiger partial charge in [-0.15, -0.1) is 0 Å². The number of methoxy groups -OCH3 is 1. The highest BCUT2D eigenvalue weighted by Crippen LogP contribution is 2.33. The van der Waals surface area contributed by atoms with Crippen LogP contribution >= 0.6 is 0 Å². The number of hydrogen-bond donors (Lipinski definition) is 4. The van der Waals surface area contributed by atoms with Gasteiger partial charge in [0.15, 0.2) is 0 Å². The van der Waals surface area contributed by atoms with Gasteiger partial charge in [0.2, 0.25) is 11.8 Å². The van der Waals surface area contributed by atoms with Gasteiger partial charge in [-0.3, -0.25) is 14.8 Å². The van der Waals surface area contributed by atoms with Gasteiger partial charge in [0, 0.05) is 55.3 Å². The Morgan fingerprint density at radius 1 is 1.08 bits per heavy atom. The summed E-state index contributed by atoms with van der Waals surface area (Å²) in [5.74, 6) is 0.944. The van der Waals surface area contributed by atoms with Crippen LogP contribution in [-0.2, 0) is 14.3 Å². The van der Waals surface area contributed by atoms with E-state index in [1.54, 1.807) is 23.8 Å². The first-order chi connectivity index (χ1) is 17.6. The molecule has 3 heterocycles. The van der Waals surface area contributed by atoms with E-state index in [4.69, 9.17) is 14.7 Å². The molecule has 2 aromatic heterocycles. The largest absolute Gasteiger partial charge is 0.494 e. The molecule has 0 radical (unpaired) electrons. The Labute approximate surface area is 208 Å². The smallest absolute Gasteiger partial charge is 0.243 e. The summed E-state index contributed by atoms with van der Waals surface area (Å²) in [7, 11) is 1.52. The average Bonchev–Trinajstić information content (AvgIpc) is 2.91. The molecule has 1 aromatic carbocycles. The third-order valence-electron chi connectivity index (χ3n) is 5.78. The summed E-state index contributed by atoms with van der Waals surface area (Å²) in [6.45, 7) is 3.01. The quantitative estimate of drug-likeness (QED) is 0.188. The number of nitrogens with zero attached hydrogens (tertiary/aromatic N) is 4.